The van der Waals surface area contributed by atoms with Gasteiger partial charge in [0.05, 0.1) is 7.11 Å². The number of ether oxygens (including phenoxy) is 1. The van der Waals surface area contributed by atoms with E-state index in [2.05, 4.69) is 19.2 Å². The van der Waals surface area contributed by atoms with Gasteiger partial charge in [-0.1, -0.05) is 19.9 Å². The highest BCUT2D eigenvalue weighted by Gasteiger charge is 2.16. The number of rotatable bonds is 5. The van der Waals surface area contributed by atoms with Gasteiger partial charge in [-0.15, -0.1) is 0 Å². The van der Waals surface area contributed by atoms with E-state index in [0.717, 1.165) is 6.42 Å². The van der Waals surface area contributed by atoms with E-state index in [9.17, 15) is 9.90 Å². The number of hydrogen-bond donors (Lipinski definition) is 2. The summed E-state index contributed by atoms with van der Waals surface area (Å²) in [5, 5.41) is 12.4. The molecule has 0 atom stereocenters. The zero-order valence-corrected chi connectivity index (χ0v) is 10.5. The first kappa shape index (κ1) is 13.4. The molecule has 0 aromatic heterocycles. The molecule has 1 aromatic rings. The van der Waals surface area contributed by atoms with Crippen LogP contribution in [0.15, 0.2) is 18.2 Å². The van der Waals surface area contributed by atoms with Crippen LogP contribution in [-0.2, 0) is 0 Å². The third-order valence-corrected chi connectivity index (χ3v) is 2.46. The van der Waals surface area contributed by atoms with Gasteiger partial charge in [-0.3, -0.25) is 4.79 Å². The molecule has 0 aliphatic rings. The highest BCUT2D eigenvalue weighted by atomic mass is 16.5. The number of carbonyl (C=O) groups is 1. The molecule has 2 N–H and O–H groups in total. The van der Waals surface area contributed by atoms with E-state index >= 15 is 0 Å². The Balaban J connectivity index is 2.74. The van der Waals surface area contributed by atoms with Crippen LogP contribution < -0.4 is 10.1 Å². The lowest BCUT2D eigenvalue weighted by Crippen LogP contribution is -2.25. The lowest BCUT2D eigenvalue weighted by molar-refractivity contribution is 0.0946. The summed E-state index contributed by atoms with van der Waals surface area (Å²) in [5.74, 6) is 0.542. The molecular formula is C13H19NO3. The normalized spacial score (nSPS) is 10.4. The van der Waals surface area contributed by atoms with Gasteiger partial charge >= 0.3 is 0 Å². The van der Waals surface area contributed by atoms with E-state index in [1.165, 1.54) is 13.2 Å². The average Bonchev–Trinajstić information content (AvgIpc) is 2.27. The minimum Gasteiger partial charge on any atom is -0.507 e. The first-order valence-electron chi connectivity index (χ1n) is 5.70. The van der Waals surface area contributed by atoms with Crippen LogP contribution in [0.25, 0.3) is 0 Å². The minimum atomic E-state index is -0.305. The first-order valence-corrected chi connectivity index (χ1v) is 5.70. The first-order chi connectivity index (χ1) is 8.06. The summed E-state index contributed by atoms with van der Waals surface area (Å²) in [6.45, 7) is 4.77. The third-order valence-electron chi connectivity index (χ3n) is 2.46. The fourth-order valence-electron chi connectivity index (χ4n) is 1.48. The maximum atomic E-state index is 11.9. The maximum absolute atomic E-state index is 11.9. The van der Waals surface area contributed by atoms with Crippen LogP contribution in [-0.4, -0.2) is 24.7 Å². The summed E-state index contributed by atoms with van der Waals surface area (Å²) in [6, 6.07) is 4.76. The fourth-order valence-corrected chi connectivity index (χ4v) is 1.48. The van der Waals surface area contributed by atoms with Crippen molar-refractivity contribution >= 4 is 5.91 Å². The number of phenols is 1. The molecule has 0 aliphatic heterocycles. The SMILES string of the molecule is COc1cccc(O)c1C(=O)NCCC(C)C. The Morgan fingerprint density at radius 2 is 2.18 bits per heavy atom. The van der Waals surface area contributed by atoms with Crippen LogP contribution >= 0.6 is 0 Å². The van der Waals surface area contributed by atoms with Crippen LogP contribution in [0.4, 0.5) is 0 Å². The van der Waals surface area contributed by atoms with E-state index < -0.39 is 0 Å². The Morgan fingerprint density at radius 1 is 1.47 bits per heavy atom. The third kappa shape index (κ3) is 3.66. The van der Waals surface area contributed by atoms with Gasteiger partial charge in [-0.2, -0.15) is 0 Å². The number of amides is 1. The van der Waals surface area contributed by atoms with Gasteiger partial charge in [0.2, 0.25) is 0 Å². The molecule has 0 aliphatic carbocycles. The van der Waals surface area contributed by atoms with E-state index in [0.29, 0.717) is 18.2 Å². The Morgan fingerprint density at radius 3 is 2.76 bits per heavy atom. The average molecular weight is 237 g/mol. The number of phenolic OH excluding ortho intramolecular Hbond substituents is 1. The Hall–Kier alpha value is -1.71. The van der Waals surface area contributed by atoms with Crippen LogP contribution in [0.2, 0.25) is 0 Å². The number of benzene rings is 1. The lowest BCUT2D eigenvalue weighted by atomic mass is 10.1. The maximum Gasteiger partial charge on any atom is 0.258 e. The summed E-state index contributed by atoms with van der Waals surface area (Å²) in [6.07, 6.45) is 0.904. The lowest BCUT2D eigenvalue weighted by Gasteiger charge is -2.11. The molecular weight excluding hydrogens is 218 g/mol. The molecule has 1 rings (SSSR count). The predicted octanol–water partition coefficient (Wildman–Crippen LogP) is 2.18. The van der Waals surface area contributed by atoms with E-state index in [4.69, 9.17) is 4.74 Å². The zero-order valence-electron chi connectivity index (χ0n) is 10.5. The highest BCUT2D eigenvalue weighted by molar-refractivity contribution is 5.99. The summed E-state index contributed by atoms with van der Waals surface area (Å²) in [4.78, 5) is 11.9. The Labute approximate surface area is 102 Å². The molecule has 0 spiro atoms. The van der Waals surface area contributed by atoms with Gasteiger partial charge in [-0.05, 0) is 24.5 Å². The molecule has 94 valence electrons. The minimum absolute atomic E-state index is 0.0635. The van der Waals surface area contributed by atoms with Crippen molar-refractivity contribution < 1.29 is 14.6 Å². The standard InChI is InChI=1S/C13H19NO3/c1-9(2)7-8-14-13(16)12-10(15)5-4-6-11(12)17-3/h4-6,9,15H,7-8H2,1-3H3,(H,14,16). The number of hydrogen-bond acceptors (Lipinski definition) is 3. The van der Waals surface area contributed by atoms with Gasteiger partial charge < -0.3 is 15.2 Å². The van der Waals surface area contributed by atoms with Gasteiger partial charge in [0.1, 0.15) is 17.1 Å². The molecule has 1 amide bonds. The number of aromatic hydroxyl groups is 1. The molecule has 4 nitrogen and oxygen atoms in total. The monoisotopic (exact) mass is 237 g/mol. The molecule has 4 heteroatoms. The van der Waals surface area contributed by atoms with Crippen LogP contribution in [0.1, 0.15) is 30.6 Å². The van der Waals surface area contributed by atoms with Crippen molar-refractivity contribution in [1.29, 1.82) is 0 Å². The van der Waals surface area contributed by atoms with Crippen LogP contribution in [0, 0.1) is 5.92 Å². The largest absolute Gasteiger partial charge is 0.507 e. The van der Waals surface area contributed by atoms with Crippen molar-refractivity contribution in [3.8, 4) is 11.5 Å². The second kappa shape index (κ2) is 6.13. The van der Waals surface area contributed by atoms with E-state index in [1.54, 1.807) is 12.1 Å². The molecule has 17 heavy (non-hydrogen) atoms. The van der Waals surface area contributed by atoms with Gasteiger partial charge in [0.25, 0.3) is 5.91 Å². The quantitative estimate of drug-likeness (QED) is 0.825. The molecule has 0 saturated carbocycles. The van der Waals surface area contributed by atoms with Gasteiger partial charge in [0.15, 0.2) is 0 Å². The highest BCUT2D eigenvalue weighted by Crippen LogP contribution is 2.26. The fraction of sp³-hybridized carbons (Fsp3) is 0.462. The Kier molecular flexibility index (Phi) is 4.82. The smallest absolute Gasteiger partial charge is 0.258 e. The topological polar surface area (TPSA) is 58.6 Å². The van der Waals surface area contributed by atoms with Crippen molar-refractivity contribution in [1.82, 2.24) is 5.32 Å². The second-order valence-electron chi connectivity index (χ2n) is 4.29. The van der Waals surface area contributed by atoms with Gasteiger partial charge in [-0.25, -0.2) is 0 Å². The number of carbonyl (C=O) groups excluding carboxylic acids is 1. The Bertz CT molecular complexity index is 388. The van der Waals surface area contributed by atoms with Crippen molar-refractivity contribution in [2.24, 2.45) is 5.92 Å². The van der Waals surface area contributed by atoms with E-state index in [-0.39, 0.29) is 17.2 Å². The summed E-state index contributed by atoms with van der Waals surface area (Å²) in [7, 11) is 1.47. The van der Waals surface area contributed by atoms with Crippen LogP contribution in [0.5, 0.6) is 11.5 Å². The summed E-state index contributed by atoms with van der Waals surface area (Å²) in [5.41, 5.74) is 0.193. The molecule has 0 heterocycles. The predicted molar refractivity (Wildman–Crippen MR) is 66.4 cm³/mol. The molecule has 1 aromatic carbocycles. The number of methoxy groups -OCH3 is 1. The zero-order chi connectivity index (χ0) is 12.8. The molecule has 0 saturated heterocycles. The van der Waals surface area contributed by atoms with Crippen molar-refractivity contribution in [3.63, 3.8) is 0 Å². The molecule has 0 unspecified atom stereocenters. The summed E-state index contributed by atoms with van der Waals surface area (Å²) < 4.78 is 5.05. The van der Waals surface area contributed by atoms with Crippen molar-refractivity contribution in [3.05, 3.63) is 23.8 Å². The second-order valence-corrected chi connectivity index (χ2v) is 4.29. The number of nitrogens with one attached hydrogen (secondary N) is 1. The van der Waals surface area contributed by atoms with Crippen molar-refractivity contribution in [2.75, 3.05) is 13.7 Å². The molecule has 0 fully saturated rings. The summed E-state index contributed by atoms with van der Waals surface area (Å²) >= 11 is 0. The van der Waals surface area contributed by atoms with Crippen molar-refractivity contribution in [2.45, 2.75) is 20.3 Å². The molecule has 0 radical (unpaired) electrons. The van der Waals surface area contributed by atoms with E-state index in [1.807, 2.05) is 0 Å². The van der Waals surface area contributed by atoms with Gasteiger partial charge in [0, 0.05) is 6.54 Å². The van der Waals surface area contributed by atoms with Crippen LogP contribution in [0.3, 0.4) is 0 Å². The molecule has 0 bridgehead atoms.